The van der Waals surface area contributed by atoms with E-state index in [0.717, 1.165) is 12.8 Å². The number of piperidine rings is 1. The molecular formula is C27H38N2O. The summed E-state index contributed by atoms with van der Waals surface area (Å²) in [5, 5.41) is 0. The highest BCUT2D eigenvalue weighted by Crippen LogP contribution is 2.67. The Morgan fingerprint density at radius 3 is 2.93 bits per heavy atom. The van der Waals surface area contributed by atoms with Crippen LogP contribution in [0.1, 0.15) is 93.8 Å². The van der Waals surface area contributed by atoms with Gasteiger partial charge in [-0.3, -0.25) is 4.90 Å². The van der Waals surface area contributed by atoms with Crippen molar-refractivity contribution in [3.8, 4) is 0 Å². The molecule has 30 heavy (non-hydrogen) atoms. The normalized spacial score (nSPS) is 39.0. The fraction of sp³-hybridized carbons (Fsp3) is 0.704. The van der Waals surface area contributed by atoms with Crippen LogP contribution in [0, 0.1) is 5.41 Å². The summed E-state index contributed by atoms with van der Waals surface area (Å²) in [5.41, 5.74) is 3.53. The van der Waals surface area contributed by atoms with E-state index in [4.69, 9.17) is 4.42 Å². The molecule has 3 heteroatoms. The summed E-state index contributed by atoms with van der Waals surface area (Å²) < 4.78 is 6.73. The molecule has 7 aliphatic rings. The van der Waals surface area contributed by atoms with Crippen LogP contribution in [0.4, 0.5) is 0 Å². The molecule has 5 atom stereocenters. The van der Waals surface area contributed by atoms with Gasteiger partial charge < -0.3 is 9.32 Å². The van der Waals surface area contributed by atoms with Gasteiger partial charge in [0.1, 0.15) is 11.5 Å². The van der Waals surface area contributed by atoms with Crippen molar-refractivity contribution in [3.05, 3.63) is 47.0 Å². The molecule has 2 saturated heterocycles. The zero-order valence-electron chi connectivity index (χ0n) is 18.7. The largest absolute Gasteiger partial charge is 0.464 e. The minimum atomic E-state index is 0.374. The van der Waals surface area contributed by atoms with Gasteiger partial charge in [0, 0.05) is 24.4 Å². The van der Waals surface area contributed by atoms with Gasteiger partial charge in [-0.1, -0.05) is 23.8 Å². The van der Waals surface area contributed by atoms with E-state index in [1.54, 1.807) is 11.1 Å². The number of aryl methyl sites for hydroxylation is 1. The first kappa shape index (κ1) is 19.4. The first-order chi connectivity index (χ1) is 14.7. The third kappa shape index (κ3) is 3.07. The van der Waals surface area contributed by atoms with Crippen molar-refractivity contribution in [3.63, 3.8) is 0 Å². The monoisotopic (exact) mass is 406 g/mol. The van der Waals surface area contributed by atoms with Gasteiger partial charge in [0.25, 0.3) is 0 Å². The highest BCUT2D eigenvalue weighted by atomic mass is 16.3. The maximum Gasteiger partial charge on any atom is 0.125 e. The zero-order chi connectivity index (χ0) is 20.1. The predicted molar refractivity (Wildman–Crippen MR) is 122 cm³/mol. The van der Waals surface area contributed by atoms with Gasteiger partial charge in [0.2, 0.25) is 0 Å². The molecule has 3 nitrogen and oxygen atoms in total. The van der Waals surface area contributed by atoms with Crippen LogP contribution in [0.25, 0.3) is 0 Å². The summed E-state index contributed by atoms with van der Waals surface area (Å²) in [6, 6.07) is 3.60. The lowest BCUT2D eigenvalue weighted by Gasteiger charge is -2.45. The van der Waals surface area contributed by atoms with E-state index in [-0.39, 0.29) is 0 Å². The fourth-order valence-corrected chi connectivity index (χ4v) is 7.57. The molecule has 2 fully saturated rings. The Hall–Kier alpha value is -1.32. The van der Waals surface area contributed by atoms with Crippen LogP contribution in [0.2, 0.25) is 0 Å². The number of hydrogen-bond acceptors (Lipinski definition) is 3. The second kappa shape index (κ2) is 7.67. The van der Waals surface area contributed by atoms with Crippen LogP contribution in [0.3, 0.4) is 0 Å². The maximum atomic E-state index is 6.73. The lowest BCUT2D eigenvalue weighted by molar-refractivity contribution is 0.0364. The Bertz CT molecular complexity index is 851. The molecule has 0 radical (unpaired) electrons. The summed E-state index contributed by atoms with van der Waals surface area (Å²) in [4.78, 5) is 5.67. The highest BCUT2D eigenvalue weighted by Gasteiger charge is 2.64. The maximum absolute atomic E-state index is 6.73. The molecule has 1 spiro atoms. The predicted octanol–water partition coefficient (Wildman–Crippen LogP) is 5.99. The van der Waals surface area contributed by atoms with E-state index in [0.29, 0.717) is 23.4 Å². The number of furan rings is 1. The average molecular weight is 407 g/mol. The lowest BCUT2D eigenvalue weighted by atomic mass is 9.68. The minimum Gasteiger partial charge on any atom is -0.464 e. The Kier molecular flexibility index (Phi) is 4.95. The third-order valence-corrected chi connectivity index (χ3v) is 8.88. The Morgan fingerprint density at radius 2 is 1.97 bits per heavy atom. The molecule has 6 bridgehead atoms. The van der Waals surface area contributed by atoms with E-state index < -0.39 is 0 Å². The summed E-state index contributed by atoms with van der Waals surface area (Å²) in [5.74, 6) is 3.31. The first-order valence-electron chi connectivity index (χ1n) is 12.7. The molecule has 162 valence electrons. The van der Waals surface area contributed by atoms with Crippen molar-refractivity contribution in [2.45, 2.75) is 89.1 Å². The molecule has 1 aliphatic carbocycles. The van der Waals surface area contributed by atoms with Gasteiger partial charge >= 0.3 is 0 Å². The Labute approximate surface area is 182 Å². The molecule has 7 heterocycles. The van der Waals surface area contributed by atoms with Crippen molar-refractivity contribution in [2.24, 2.45) is 5.41 Å². The quantitative estimate of drug-likeness (QED) is 0.494. The van der Waals surface area contributed by atoms with Crippen molar-refractivity contribution < 1.29 is 4.42 Å². The number of nitrogens with zero attached hydrogens (tertiary/aromatic N) is 2. The number of allylic oxidation sites excluding steroid dienone is 3. The summed E-state index contributed by atoms with van der Waals surface area (Å²) in [6.45, 7) is 7.38. The van der Waals surface area contributed by atoms with Gasteiger partial charge in [0.05, 0.1) is 6.04 Å². The van der Waals surface area contributed by atoms with Gasteiger partial charge in [-0.25, -0.2) is 0 Å². The second-order valence-electron chi connectivity index (χ2n) is 10.8. The second-order valence-corrected chi connectivity index (χ2v) is 10.8. The molecule has 5 unspecified atom stereocenters. The number of fused-ring (bicyclic) bond motifs is 2. The van der Waals surface area contributed by atoms with Gasteiger partial charge in [-0.2, -0.15) is 0 Å². The fourth-order valence-electron chi connectivity index (χ4n) is 7.57. The topological polar surface area (TPSA) is 19.6 Å². The zero-order valence-corrected chi connectivity index (χ0v) is 18.7. The van der Waals surface area contributed by atoms with E-state index >= 15 is 0 Å². The molecule has 0 aromatic carbocycles. The van der Waals surface area contributed by atoms with Crippen LogP contribution in [0.15, 0.2) is 34.3 Å². The molecule has 0 amide bonds. The van der Waals surface area contributed by atoms with Gasteiger partial charge in [0.15, 0.2) is 0 Å². The van der Waals surface area contributed by atoms with Crippen molar-refractivity contribution in [1.82, 2.24) is 9.80 Å². The van der Waals surface area contributed by atoms with Crippen LogP contribution < -0.4 is 0 Å². The number of hydrogen-bond donors (Lipinski definition) is 0. The van der Waals surface area contributed by atoms with Crippen molar-refractivity contribution >= 4 is 0 Å². The van der Waals surface area contributed by atoms with Crippen LogP contribution in [-0.4, -0.2) is 42.0 Å². The Balaban J connectivity index is 1.42. The summed E-state index contributed by atoms with van der Waals surface area (Å²) in [7, 11) is 0. The average Bonchev–Trinajstić information content (AvgIpc) is 3.30. The van der Waals surface area contributed by atoms with E-state index in [2.05, 4.69) is 41.0 Å². The van der Waals surface area contributed by atoms with E-state index in [1.165, 1.54) is 89.1 Å². The summed E-state index contributed by atoms with van der Waals surface area (Å²) >= 11 is 0. The molecule has 1 aromatic heterocycles. The SMILES string of the molecule is CC1=CCCc2cc3c(o2)C2N4CCCCC=CC4CC24CN(CCCC1)CCC34. The molecular weight excluding hydrogens is 368 g/mol. The van der Waals surface area contributed by atoms with Crippen molar-refractivity contribution in [2.75, 3.05) is 26.2 Å². The Morgan fingerprint density at radius 1 is 1.03 bits per heavy atom. The van der Waals surface area contributed by atoms with Crippen LogP contribution >= 0.6 is 0 Å². The lowest BCUT2D eigenvalue weighted by Crippen LogP contribution is -2.47. The molecule has 6 aliphatic heterocycles. The van der Waals surface area contributed by atoms with E-state index in [1.807, 2.05) is 0 Å². The van der Waals surface area contributed by atoms with Crippen LogP contribution in [0.5, 0.6) is 0 Å². The minimum absolute atomic E-state index is 0.374. The smallest absolute Gasteiger partial charge is 0.125 e. The third-order valence-electron chi connectivity index (χ3n) is 8.88. The number of rotatable bonds is 0. The van der Waals surface area contributed by atoms with Crippen LogP contribution in [-0.2, 0) is 6.42 Å². The van der Waals surface area contributed by atoms with Crippen molar-refractivity contribution in [1.29, 1.82) is 0 Å². The van der Waals surface area contributed by atoms with E-state index in [9.17, 15) is 0 Å². The molecule has 0 saturated carbocycles. The standard InChI is InChI=1S/C27H38N2O/c1-20-9-5-7-14-28-16-13-24-23-17-22(12-8-10-20)30-25(23)26-27(24,19-28)18-21-11-4-2-3-6-15-29(21)26/h4,10-11,17,21,24,26H,2-3,5-9,12-16,18-19H2,1H3. The highest BCUT2D eigenvalue weighted by molar-refractivity contribution is 5.42. The molecule has 8 rings (SSSR count). The van der Waals surface area contributed by atoms with Gasteiger partial charge in [-0.15, -0.1) is 0 Å². The molecule has 0 N–H and O–H groups in total. The van der Waals surface area contributed by atoms with Gasteiger partial charge in [-0.05, 0) is 102 Å². The first-order valence-corrected chi connectivity index (χ1v) is 12.7. The molecule has 1 aromatic rings. The summed E-state index contributed by atoms with van der Waals surface area (Å²) in [6.07, 6.45) is 20.2.